The predicted molar refractivity (Wildman–Crippen MR) is 100 cm³/mol. The third kappa shape index (κ3) is 2.51. The highest BCUT2D eigenvalue weighted by atomic mass is 19.2. The van der Waals surface area contributed by atoms with Gasteiger partial charge in [-0.1, -0.05) is 6.42 Å². The molecule has 28 heavy (non-hydrogen) atoms. The molecule has 0 atom stereocenters. The van der Waals surface area contributed by atoms with E-state index in [9.17, 15) is 13.6 Å². The van der Waals surface area contributed by atoms with Gasteiger partial charge in [0.15, 0.2) is 17.3 Å². The van der Waals surface area contributed by atoms with E-state index < -0.39 is 17.2 Å². The van der Waals surface area contributed by atoms with E-state index in [2.05, 4.69) is 15.0 Å². The summed E-state index contributed by atoms with van der Waals surface area (Å²) in [6.45, 7) is 2.18. The number of fused-ring (bicyclic) bond motifs is 2. The molecular weight excluding hydrogens is 364 g/mol. The molecule has 6 nitrogen and oxygen atoms in total. The maximum absolute atomic E-state index is 14.2. The molecule has 0 spiro atoms. The number of nitrogens with zero attached hydrogens (tertiary/aromatic N) is 4. The summed E-state index contributed by atoms with van der Waals surface area (Å²) in [6.07, 6.45) is 4.74. The molecule has 0 aliphatic heterocycles. The van der Waals surface area contributed by atoms with Crippen LogP contribution in [0.2, 0.25) is 0 Å². The molecule has 142 valence electrons. The SMILES string of the molecule is Cc1ncnc2c1nc(C1CCC1)n2Cc1cc(=O)[nH]c2c(F)c(F)ccc12. The molecule has 1 N–H and O–H groups in total. The highest BCUT2D eigenvalue weighted by Gasteiger charge is 2.27. The first kappa shape index (κ1) is 17.0. The lowest BCUT2D eigenvalue weighted by Gasteiger charge is -2.25. The molecule has 1 aliphatic carbocycles. The number of nitrogens with one attached hydrogen (secondary N) is 1. The third-order valence-electron chi connectivity index (χ3n) is 5.54. The van der Waals surface area contributed by atoms with Crippen LogP contribution in [0.4, 0.5) is 8.78 Å². The average Bonchev–Trinajstić information content (AvgIpc) is 2.97. The van der Waals surface area contributed by atoms with Crippen LogP contribution in [0.3, 0.4) is 0 Å². The number of H-pyrrole nitrogens is 1. The van der Waals surface area contributed by atoms with Gasteiger partial charge in [0.1, 0.15) is 17.7 Å². The van der Waals surface area contributed by atoms with E-state index in [1.54, 1.807) is 0 Å². The lowest BCUT2D eigenvalue weighted by atomic mass is 9.85. The highest BCUT2D eigenvalue weighted by Crippen LogP contribution is 2.37. The van der Waals surface area contributed by atoms with E-state index in [0.29, 0.717) is 29.1 Å². The third-order valence-corrected chi connectivity index (χ3v) is 5.54. The Morgan fingerprint density at radius 1 is 1.25 bits per heavy atom. The molecule has 3 aromatic heterocycles. The Balaban J connectivity index is 1.74. The van der Waals surface area contributed by atoms with E-state index in [1.165, 1.54) is 18.5 Å². The summed E-state index contributed by atoms with van der Waals surface area (Å²) in [5, 5.41) is 0.464. The van der Waals surface area contributed by atoms with Crippen LogP contribution in [0.5, 0.6) is 0 Å². The lowest BCUT2D eigenvalue weighted by Crippen LogP contribution is -2.17. The second-order valence-electron chi connectivity index (χ2n) is 7.26. The van der Waals surface area contributed by atoms with Crippen LogP contribution in [0.1, 0.15) is 42.3 Å². The molecule has 0 amide bonds. The standard InChI is InChI=1S/C20H17F2N5O/c1-10-17-20(24-9-23-10)27(19(26-17)11-3-2-4-11)8-12-7-15(28)25-18-13(12)5-6-14(21)16(18)22/h5-7,9,11H,2-4,8H2,1H3,(H,25,28). The number of aromatic amines is 1. The number of pyridine rings is 1. The van der Waals surface area contributed by atoms with Crippen LogP contribution in [-0.4, -0.2) is 24.5 Å². The van der Waals surface area contributed by atoms with Gasteiger partial charge >= 0.3 is 0 Å². The number of hydrogen-bond donors (Lipinski definition) is 1. The van der Waals surface area contributed by atoms with Gasteiger partial charge in [-0.2, -0.15) is 0 Å². The van der Waals surface area contributed by atoms with Crippen LogP contribution in [-0.2, 0) is 6.54 Å². The first-order chi connectivity index (χ1) is 13.5. The summed E-state index contributed by atoms with van der Waals surface area (Å²) >= 11 is 0. The molecule has 1 aliphatic rings. The van der Waals surface area contributed by atoms with Crippen molar-refractivity contribution in [1.29, 1.82) is 0 Å². The molecule has 5 rings (SSSR count). The summed E-state index contributed by atoms with van der Waals surface area (Å²) in [4.78, 5) is 27.9. The first-order valence-corrected chi connectivity index (χ1v) is 9.20. The summed E-state index contributed by atoms with van der Waals surface area (Å²) in [5.74, 6) is -0.812. The monoisotopic (exact) mass is 381 g/mol. The largest absolute Gasteiger partial charge is 0.319 e. The lowest BCUT2D eigenvalue weighted by molar-refractivity contribution is 0.391. The maximum atomic E-state index is 14.2. The van der Waals surface area contributed by atoms with Crippen LogP contribution in [0.15, 0.2) is 29.3 Å². The van der Waals surface area contributed by atoms with Crippen LogP contribution < -0.4 is 5.56 Å². The fourth-order valence-electron chi connectivity index (χ4n) is 3.84. The van der Waals surface area contributed by atoms with Crippen molar-refractivity contribution in [3.63, 3.8) is 0 Å². The van der Waals surface area contributed by atoms with Gasteiger partial charge in [0.2, 0.25) is 5.56 Å². The van der Waals surface area contributed by atoms with Crippen molar-refractivity contribution in [2.24, 2.45) is 0 Å². The number of rotatable bonds is 3. The van der Waals surface area contributed by atoms with E-state index in [4.69, 9.17) is 4.98 Å². The fourth-order valence-corrected chi connectivity index (χ4v) is 3.84. The molecule has 1 aromatic carbocycles. The number of halogens is 2. The van der Waals surface area contributed by atoms with Crippen molar-refractivity contribution < 1.29 is 8.78 Å². The number of imidazole rings is 1. The second kappa shape index (κ2) is 6.19. The Kier molecular flexibility index (Phi) is 3.75. The summed E-state index contributed by atoms with van der Waals surface area (Å²) in [6, 6.07) is 3.98. The van der Waals surface area contributed by atoms with Crippen molar-refractivity contribution in [3.8, 4) is 0 Å². The quantitative estimate of drug-likeness (QED) is 0.589. The molecule has 0 saturated heterocycles. The topological polar surface area (TPSA) is 76.5 Å². The van der Waals surface area contributed by atoms with Gasteiger partial charge in [-0.15, -0.1) is 0 Å². The zero-order chi connectivity index (χ0) is 19.4. The molecule has 0 bridgehead atoms. The van der Waals surface area contributed by atoms with Gasteiger partial charge < -0.3 is 9.55 Å². The van der Waals surface area contributed by atoms with Crippen molar-refractivity contribution in [2.45, 2.75) is 38.6 Å². The molecule has 1 fully saturated rings. The van der Waals surface area contributed by atoms with Gasteiger partial charge in [0.05, 0.1) is 17.8 Å². The Morgan fingerprint density at radius 2 is 2.07 bits per heavy atom. The van der Waals surface area contributed by atoms with Gasteiger partial charge in [-0.3, -0.25) is 4.79 Å². The van der Waals surface area contributed by atoms with Crippen molar-refractivity contribution in [2.75, 3.05) is 0 Å². The summed E-state index contributed by atoms with van der Waals surface area (Å²) in [7, 11) is 0. The van der Waals surface area contributed by atoms with Crippen molar-refractivity contribution >= 4 is 22.1 Å². The smallest absolute Gasteiger partial charge is 0.248 e. The average molecular weight is 381 g/mol. The number of aryl methyl sites for hydroxylation is 1. The van der Waals surface area contributed by atoms with E-state index in [0.717, 1.165) is 42.4 Å². The second-order valence-corrected chi connectivity index (χ2v) is 7.26. The molecule has 0 unspecified atom stereocenters. The van der Waals surface area contributed by atoms with Crippen molar-refractivity contribution in [1.82, 2.24) is 24.5 Å². The van der Waals surface area contributed by atoms with Gasteiger partial charge in [0.25, 0.3) is 0 Å². The van der Waals surface area contributed by atoms with Crippen LogP contribution in [0.25, 0.3) is 22.1 Å². The summed E-state index contributed by atoms with van der Waals surface area (Å²) in [5.41, 5.74) is 2.19. The van der Waals surface area contributed by atoms with Crippen molar-refractivity contribution in [3.05, 3.63) is 63.6 Å². The highest BCUT2D eigenvalue weighted by molar-refractivity contribution is 5.83. The van der Waals surface area contributed by atoms with Crippen LogP contribution in [0, 0.1) is 18.6 Å². The van der Waals surface area contributed by atoms with Gasteiger partial charge in [0, 0.05) is 17.4 Å². The number of benzene rings is 1. The minimum absolute atomic E-state index is 0.122. The number of hydrogen-bond acceptors (Lipinski definition) is 4. The molecule has 3 heterocycles. The van der Waals surface area contributed by atoms with E-state index >= 15 is 0 Å². The fraction of sp³-hybridized carbons (Fsp3) is 0.300. The Hall–Kier alpha value is -3.16. The first-order valence-electron chi connectivity index (χ1n) is 9.20. The zero-order valence-electron chi connectivity index (χ0n) is 15.2. The Morgan fingerprint density at radius 3 is 2.82 bits per heavy atom. The minimum Gasteiger partial charge on any atom is -0.319 e. The van der Waals surface area contributed by atoms with Gasteiger partial charge in [-0.25, -0.2) is 23.7 Å². The van der Waals surface area contributed by atoms with Gasteiger partial charge in [-0.05, 0) is 37.5 Å². The van der Waals surface area contributed by atoms with Crippen LogP contribution >= 0.6 is 0 Å². The minimum atomic E-state index is -1.05. The zero-order valence-corrected chi connectivity index (χ0v) is 15.2. The van der Waals surface area contributed by atoms with E-state index in [-0.39, 0.29) is 5.52 Å². The maximum Gasteiger partial charge on any atom is 0.248 e. The molecule has 8 heteroatoms. The Labute approximate surface area is 158 Å². The molecule has 4 aromatic rings. The predicted octanol–water partition coefficient (Wildman–Crippen LogP) is 3.57. The van der Waals surface area contributed by atoms with E-state index in [1.807, 2.05) is 11.5 Å². The number of aromatic nitrogens is 5. The summed E-state index contributed by atoms with van der Waals surface area (Å²) < 4.78 is 29.8. The Bertz CT molecular complexity index is 1290. The molecule has 1 saturated carbocycles. The molecule has 0 radical (unpaired) electrons. The molecular formula is C20H17F2N5O. The normalized spacial score (nSPS) is 14.7.